The van der Waals surface area contributed by atoms with Gasteiger partial charge in [-0.15, -0.1) is 0 Å². The number of nitrogens with one attached hydrogen (secondary N) is 3. The third-order valence-corrected chi connectivity index (χ3v) is 3.49. The van der Waals surface area contributed by atoms with Crippen LogP contribution in [0.1, 0.15) is 11.1 Å². The van der Waals surface area contributed by atoms with Crippen LogP contribution in [-0.4, -0.2) is 16.1 Å². The molecule has 2 aromatic carbocycles. The average Bonchev–Trinajstić information content (AvgIpc) is 2.48. The molecule has 0 saturated heterocycles. The maximum Gasteiger partial charge on any atom is 0.195 e. The van der Waals surface area contributed by atoms with Crippen molar-refractivity contribution < 1.29 is 20.9 Å². The molecule has 0 fully saturated rings. The Labute approximate surface area is 125 Å². The van der Waals surface area contributed by atoms with Crippen molar-refractivity contribution in [2.45, 2.75) is 6.42 Å². The van der Waals surface area contributed by atoms with Crippen molar-refractivity contribution in [3.63, 3.8) is 0 Å². The number of hydrogen-bond donors (Lipinski definition) is 5. The van der Waals surface area contributed by atoms with Gasteiger partial charge in [-0.05, 0) is 11.6 Å². The minimum atomic E-state index is -1.21. The first-order valence-electron chi connectivity index (χ1n) is 6.58. The predicted molar refractivity (Wildman–Crippen MR) is 78.3 cm³/mol. The van der Waals surface area contributed by atoms with E-state index in [9.17, 15) is 15.6 Å². The number of hydrogen-bond acceptors (Lipinski definition) is 6. The lowest BCUT2D eigenvalue weighted by Crippen LogP contribution is -3.00. The third kappa shape index (κ3) is 2.70. The van der Waals surface area contributed by atoms with Gasteiger partial charge in [-0.1, -0.05) is 24.3 Å². The Hall–Kier alpha value is -2.33. The SMILES string of the molecule is [O-][NH+](O)c1ccc(NN=C2Cc3ccccc32)c([NH+]([O-])O)c1. The summed E-state index contributed by atoms with van der Waals surface area (Å²) in [4.78, 5) is 0. The fraction of sp³-hybridized carbons (Fsp3) is 0.0714. The Kier molecular flexibility index (Phi) is 3.86. The fourth-order valence-electron chi connectivity index (χ4n) is 2.30. The average molecular weight is 302 g/mol. The van der Waals surface area contributed by atoms with E-state index >= 15 is 0 Å². The lowest BCUT2D eigenvalue weighted by Gasteiger charge is -2.22. The number of anilines is 1. The van der Waals surface area contributed by atoms with E-state index in [0.29, 0.717) is 0 Å². The van der Waals surface area contributed by atoms with E-state index in [2.05, 4.69) is 10.5 Å². The molecule has 8 nitrogen and oxygen atoms in total. The van der Waals surface area contributed by atoms with Crippen molar-refractivity contribution in [3.05, 3.63) is 64.0 Å². The molecule has 8 heteroatoms. The molecule has 5 N–H and O–H groups in total. The van der Waals surface area contributed by atoms with Crippen LogP contribution in [-0.2, 0) is 6.42 Å². The Balaban J connectivity index is 1.84. The van der Waals surface area contributed by atoms with E-state index in [1.807, 2.05) is 24.3 Å². The van der Waals surface area contributed by atoms with Gasteiger partial charge in [0.2, 0.25) is 0 Å². The number of benzene rings is 2. The van der Waals surface area contributed by atoms with Crippen molar-refractivity contribution >= 4 is 22.8 Å². The first-order chi connectivity index (χ1) is 10.6. The summed E-state index contributed by atoms with van der Waals surface area (Å²) in [5, 5.41) is 42.1. The van der Waals surface area contributed by atoms with Crippen LogP contribution in [0, 0.1) is 10.4 Å². The van der Waals surface area contributed by atoms with E-state index in [4.69, 9.17) is 5.21 Å². The molecule has 0 spiro atoms. The molecule has 2 unspecified atom stereocenters. The van der Waals surface area contributed by atoms with E-state index in [1.54, 1.807) is 0 Å². The molecule has 0 aliphatic heterocycles. The zero-order valence-corrected chi connectivity index (χ0v) is 11.4. The number of fused-ring (bicyclic) bond motifs is 1. The zero-order valence-electron chi connectivity index (χ0n) is 11.4. The van der Waals surface area contributed by atoms with Gasteiger partial charge in [0.1, 0.15) is 5.69 Å². The smallest absolute Gasteiger partial charge is 0.195 e. The highest BCUT2D eigenvalue weighted by molar-refractivity contribution is 6.10. The largest absolute Gasteiger partial charge is 0.595 e. The summed E-state index contributed by atoms with van der Waals surface area (Å²) < 4.78 is 0. The molecule has 0 aromatic heterocycles. The summed E-state index contributed by atoms with van der Waals surface area (Å²) in [6.07, 6.45) is 0.721. The van der Waals surface area contributed by atoms with Crippen LogP contribution >= 0.6 is 0 Å². The second kappa shape index (κ2) is 5.81. The number of nitrogens with zero attached hydrogens (tertiary/aromatic N) is 1. The standard InChI is InChI=1S/C14H14N4O4/c19-17(20)10-5-6-12(14(8-10)18(21)22)15-16-13-7-9-3-1-2-4-11(9)13/h1-6,8,15,17-19,21H,7H2. The van der Waals surface area contributed by atoms with Gasteiger partial charge in [-0.3, -0.25) is 5.43 Å². The number of quaternary nitrogens is 2. The summed E-state index contributed by atoms with van der Waals surface area (Å²) in [6.45, 7) is 0. The summed E-state index contributed by atoms with van der Waals surface area (Å²) in [6, 6.07) is 11.7. The molecular weight excluding hydrogens is 288 g/mol. The lowest BCUT2D eigenvalue weighted by molar-refractivity contribution is -0.996. The lowest BCUT2D eigenvalue weighted by atomic mass is 9.87. The number of hydrazone groups is 1. The monoisotopic (exact) mass is 302 g/mol. The molecular formula is C14H14N4O4. The highest BCUT2D eigenvalue weighted by atomic mass is 16.8. The molecule has 0 amide bonds. The molecule has 114 valence electrons. The Morgan fingerprint density at radius 3 is 2.50 bits per heavy atom. The summed E-state index contributed by atoms with van der Waals surface area (Å²) in [5.74, 6) is 0. The van der Waals surface area contributed by atoms with Gasteiger partial charge < -0.3 is 10.4 Å². The summed E-state index contributed by atoms with van der Waals surface area (Å²) >= 11 is 0. The van der Waals surface area contributed by atoms with Crippen LogP contribution in [0.15, 0.2) is 47.6 Å². The zero-order chi connectivity index (χ0) is 15.7. The fourth-order valence-corrected chi connectivity index (χ4v) is 2.30. The van der Waals surface area contributed by atoms with Crippen molar-refractivity contribution in [2.75, 3.05) is 5.43 Å². The maximum absolute atomic E-state index is 11.2. The minimum absolute atomic E-state index is 0.0791. The van der Waals surface area contributed by atoms with Crippen LogP contribution < -0.4 is 15.9 Å². The second-order valence-corrected chi connectivity index (χ2v) is 4.87. The van der Waals surface area contributed by atoms with Crippen LogP contribution in [0.3, 0.4) is 0 Å². The van der Waals surface area contributed by atoms with Crippen molar-refractivity contribution in [1.29, 1.82) is 0 Å². The second-order valence-electron chi connectivity index (χ2n) is 4.87. The summed E-state index contributed by atoms with van der Waals surface area (Å²) in [7, 11) is 0. The molecule has 0 heterocycles. The van der Waals surface area contributed by atoms with Gasteiger partial charge in [0.15, 0.2) is 11.4 Å². The van der Waals surface area contributed by atoms with Gasteiger partial charge in [-0.2, -0.15) is 15.6 Å². The molecule has 22 heavy (non-hydrogen) atoms. The van der Waals surface area contributed by atoms with E-state index < -0.39 is 10.5 Å². The van der Waals surface area contributed by atoms with Crippen LogP contribution in [0.2, 0.25) is 0 Å². The highest BCUT2D eigenvalue weighted by Crippen LogP contribution is 2.25. The first kappa shape index (κ1) is 14.6. The molecule has 0 radical (unpaired) electrons. The molecule has 1 aliphatic rings. The highest BCUT2D eigenvalue weighted by Gasteiger charge is 2.20. The van der Waals surface area contributed by atoms with Gasteiger partial charge in [0.25, 0.3) is 0 Å². The topological polar surface area (TPSA) is 120 Å². The molecule has 0 bridgehead atoms. The summed E-state index contributed by atoms with van der Waals surface area (Å²) in [5.41, 5.74) is 5.84. The molecule has 2 atom stereocenters. The van der Waals surface area contributed by atoms with Gasteiger partial charge in [0.05, 0.1) is 11.8 Å². The maximum atomic E-state index is 11.2. The van der Waals surface area contributed by atoms with Gasteiger partial charge >= 0.3 is 0 Å². The third-order valence-electron chi connectivity index (χ3n) is 3.49. The molecule has 3 rings (SSSR count). The molecule has 2 aromatic rings. The molecule has 1 aliphatic carbocycles. The molecule has 0 saturated carbocycles. The van der Waals surface area contributed by atoms with Crippen molar-refractivity contribution in [3.8, 4) is 0 Å². The van der Waals surface area contributed by atoms with E-state index in [0.717, 1.165) is 23.8 Å². The van der Waals surface area contributed by atoms with Gasteiger partial charge in [-0.25, -0.2) is 10.4 Å². The number of rotatable bonds is 4. The minimum Gasteiger partial charge on any atom is -0.595 e. The quantitative estimate of drug-likeness (QED) is 0.504. The van der Waals surface area contributed by atoms with Crippen LogP contribution in [0.4, 0.5) is 17.1 Å². The van der Waals surface area contributed by atoms with E-state index in [1.165, 1.54) is 17.7 Å². The van der Waals surface area contributed by atoms with Crippen LogP contribution in [0.5, 0.6) is 0 Å². The van der Waals surface area contributed by atoms with Crippen LogP contribution in [0.25, 0.3) is 0 Å². The normalized spacial score (nSPS) is 17.5. The van der Waals surface area contributed by atoms with E-state index in [-0.39, 0.29) is 17.1 Å². The Bertz CT molecular complexity index is 731. The predicted octanol–water partition coefficient (Wildman–Crippen LogP) is -0.134. The van der Waals surface area contributed by atoms with Gasteiger partial charge in [0, 0.05) is 18.1 Å². The Morgan fingerprint density at radius 1 is 1.05 bits per heavy atom. The first-order valence-corrected chi connectivity index (χ1v) is 6.58. The Morgan fingerprint density at radius 2 is 1.82 bits per heavy atom. The van der Waals surface area contributed by atoms with Crippen molar-refractivity contribution in [2.24, 2.45) is 5.10 Å². The van der Waals surface area contributed by atoms with Crippen molar-refractivity contribution in [1.82, 2.24) is 0 Å².